The number of benzene rings is 1. The molecule has 1 aromatic heterocycles. The summed E-state index contributed by atoms with van der Waals surface area (Å²) >= 11 is 4.68. The highest BCUT2D eigenvalue weighted by Crippen LogP contribution is 2.15. The summed E-state index contributed by atoms with van der Waals surface area (Å²) < 4.78 is 5.05. The van der Waals surface area contributed by atoms with Gasteiger partial charge in [0.05, 0.1) is 5.39 Å². The number of nitrogens with one attached hydrogen (secondary N) is 1. The van der Waals surface area contributed by atoms with Crippen molar-refractivity contribution in [2.24, 2.45) is 0 Å². The van der Waals surface area contributed by atoms with Crippen LogP contribution in [0.5, 0.6) is 5.75 Å². The molecule has 0 saturated heterocycles. The molecule has 4 nitrogen and oxygen atoms in total. The zero-order chi connectivity index (χ0) is 9.42. The highest BCUT2D eigenvalue weighted by molar-refractivity contribution is 7.71. The second kappa shape index (κ2) is 2.70. The van der Waals surface area contributed by atoms with Crippen molar-refractivity contribution in [1.29, 1.82) is 0 Å². The van der Waals surface area contributed by atoms with E-state index in [1.165, 1.54) is 18.2 Å². The Balaban J connectivity index is 3.04. The first-order chi connectivity index (χ1) is 6.16. The van der Waals surface area contributed by atoms with Crippen molar-refractivity contribution in [3.05, 3.63) is 33.4 Å². The first-order valence-corrected chi connectivity index (χ1v) is 3.94. The van der Waals surface area contributed by atoms with E-state index in [1.54, 1.807) is 0 Å². The molecule has 0 unspecified atom stereocenters. The summed E-state index contributed by atoms with van der Waals surface area (Å²) in [4.78, 5) is 13.6. The smallest absolute Gasteiger partial charge is 0.269 e. The Morgan fingerprint density at radius 1 is 1.46 bits per heavy atom. The lowest BCUT2D eigenvalue weighted by atomic mass is 10.2. The number of aromatic nitrogens is 1. The molecule has 2 aromatic rings. The molecule has 0 aliphatic heterocycles. The van der Waals surface area contributed by atoms with E-state index < -0.39 is 0 Å². The quantitative estimate of drug-likeness (QED) is 0.626. The molecule has 0 radical (unpaired) electrons. The van der Waals surface area contributed by atoms with Crippen LogP contribution in [0, 0.1) is 4.84 Å². The number of H-pyrrole nitrogens is 1. The number of phenols is 1. The van der Waals surface area contributed by atoms with Crippen molar-refractivity contribution in [2.45, 2.75) is 0 Å². The Kier molecular flexibility index (Phi) is 1.66. The number of fused-ring (bicyclic) bond motifs is 1. The maximum absolute atomic E-state index is 11.3. The van der Waals surface area contributed by atoms with Gasteiger partial charge >= 0.3 is 0 Å². The van der Waals surface area contributed by atoms with Gasteiger partial charge in [0.25, 0.3) is 10.4 Å². The summed E-state index contributed by atoms with van der Waals surface area (Å²) in [5, 5.41) is 9.39. The van der Waals surface area contributed by atoms with Gasteiger partial charge in [-0.05, 0) is 30.4 Å². The van der Waals surface area contributed by atoms with Gasteiger partial charge in [0, 0.05) is 0 Å². The third kappa shape index (κ3) is 1.33. The minimum absolute atomic E-state index is 0.0188. The molecule has 66 valence electrons. The van der Waals surface area contributed by atoms with E-state index in [2.05, 4.69) is 17.2 Å². The predicted molar refractivity (Wildman–Crippen MR) is 49.3 cm³/mol. The standard InChI is InChI=1S/C8H5NO3S/c10-4-1-2-6-5(3-4)7(11)9-8(13)12-6/h1-3,10H,(H,9,11,13). The summed E-state index contributed by atoms with van der Waals surface area (Å²) in [7, 11) is 0. The number of hydrogen-bond acceptors (Lipinski definition) is 4. The van der Waals surface area contributed by atoms with Gasteiger partial charge in [0.15, 0.2) is 0 Å². The first-order valence-electron chi connectivity index (χ1n) is 3.53. The van der Waals surface area contributed by atoms with Gasteiger partial charge in [-0.2, -0.15) is 0 Å². The van der Waals surface area contributed by atoms with Gasteiger partial charge in [0.1, 0.15) is 11.3 Å². The molecule has 5 heteroatoms. The summed E-state index contributed by atoms with van der Waals surface area (Å²) in [5.41, 5.74) is 0.00806. The van der Waals surface area contributed by atoms with Gasteiger partial charge in [0.2, 0.25) is 0 Å². The second-order valence-electron chi connectivity index (χ2n) is 2.52. The van der Waals surface area contributed by atoms with E-state index in [-0.39, 0.29) is 21.5 Å². The van der Waals surface area contributed by atoms with Gasteiger partial charge < -0.3 is 9.52 Å². The van der Waals surface area contributed by atoms with Crippen molar-refractivity contribution >= 4 is 23.2 Å². The van der Waals surface area contributed by atoms with Crippen molar-refractivity contribution in [3.8, 4) is 5.75 Å². The molecule has 0 atom stereocenters. The van der Waals surface area contributed by atoms with E-state index in [0.29, 0.717) is 5.58 Å². The zero-order valence-electron chi connectivity index (χ0n) is 6.40. The summed E-state index contributed by atoms with van der Waals surface area (Å²) in [6.07, 6.45) is 0. The first kappa shape index (κ1) is 8.00. The summed E-state index contributed by atoms with van der Waals surface area (Å²) in [6.45, 7) is 0. The highest BCUT2D eigenvalue weighted by atomic mass is 32.1. The lowest BCUT2D eigenvalue weighted by Gasteiger charge is -1.95. The maximum Gasteiger partial charge on any atom is 0.269 e. The molecule has 0 saturated carbocycles. The van der Waals surface area contributed by atoms with Crippen LogP contribution >= 0.6 is 12.2 Å². The fourth-order valence-electron chi connectivity index (χ4n) is 1.07. The fraction of sp³-hybridized carbons (Fsp3) is 0. The predicted octanol–water partition coefficient (Wildman–Crippen LogP) is 1.56. The summed E-state index contributed by atoms with van der Waals surface area (Å²) in [6, 6.07) is 4.25. The number of rotatable bonds is 0. The van der Waals surface area contributed by atoms with E-state index in [0.717, 1.165) is 0 Å². The SMILES string of the molecule is O=c1[nH]c(=S)oc2ccc(O)cc12. The van der Waals surface area contributed by atoms with Crippen LogP contribution in [0.25, 0.3) is 11.0 Å². The molecule has 0 amide bonds. The van der Waals surface area contributed by atoms with Crippen LogP contribution in [0.15, 0.2) is 27.4 Å². The zero-order valence-corrected chi connectivity index (χ0v) is 7.22. The molecule has 2 rings (SSSR count). The molecule has 0 bridgehead atoms. The normalized spacial score (nSPS) is 10.5. The number of aromatic amines is 1. The van der Waals surface area contributed by atoms with Crippen LogP contribution < -0.4 is 5.56 Å². The van der Waals surface area contributed by atoms with Crippen molar-refractivity contribution in [1.82, 2.24) is 4.98 Å². The molecule has 0 aliphatic carbocycles. The van der Waals surface area contributed by atoms with Crippen LogP contribution in [-0.2, 0) is 0 Å². The van der Waals surface area contributed by atoms with E-state index in [1.807, 2.05) is 0 Å². The molecule has 0 spiro atoms. The average molecular weight is 195 g/mol. The van der Waals surface area contributed by atoms with Crippen LogP contribution in [-0.4, -0.2) is 10.1 Å². The summed E-state index contributed by atoms with van der Waals surface area (Å²) in [5.74, 6) is 0.0188. The van der Waals surface area contributed by atoms with E-state index >= 15 is 0 Å². The van der Waals surface area contributed by atoms with Gasteiger partial charge in [-0.3, -0.25) is 9.78 Å². The molecule has 1 heterocycles. The molecular formula is C8H5NO3S. The third-order valence-electron chi connectivity index (χ3n) is 1.63. The number of aromatic hydroxyl groups is 1. The van der Waals surface area contributed by atoms with Crippen molar-refractivity contribution < 1.29 is 9.52 Å². The molecule has 1 aromatic carbocycles. The largest absolute Gasteiger partial charge is 0.508 e. The number of phenolic OH excluding ortho intramolecular Hbond substituents is 1. The van der Waals surface area contributed by atoms with Gasteiger partial charge in [-0.15, -0.1) is 0 Å². The Labute approximate surface area is 77.5 Å². The van der Waals surface area contributed by atoms with Crippen LogP contribution in [0.1, 0.15) is 0 Å². The lowest BCUT2D eigenvalue weighted by Crippen LogP contribution is -2.05. The fourth-order valence-corrected chi connectivity index (χ4v) is 1.25. The topological polar surface area (TPSA) is 66.2 Å². The van der Waals surface area contributed by atoms with Crippen molar-refractivity contribution in [3.63, 3.8) is 0 Å². The molecule has 13 heavy (non-hydrogen) atoms. The average Bonchev–Trinajstić information content (AvgIpc) is 2.06. The minimum Gasteiger partial charge on any atom is -0.508 e. The maximum atomic E-state index is 11.3. The van der Waals surface area contributed by atoms with Crippen LogP contribution in [0.4, 0.5) is 0 Å². The lowest BCUT2D eigenvalue weighted by molar-refractivity contribution is 0.475. The van der Waals surface area contributed by atoms with Crippen molar-refractivity contribution in [2.75, 3.05) is 0 Å². The van der Waals surface area contributed by atoms with Gasteiger partial charge in [-0.25, -0.2) is 0 Å². The third-order valence-corrected chi connectivity index (χ3v) is 1.81. The van der Waals surface area contributed by atoms with Crippen LogP contribution in [0.3, 0.4) is 0 Å². The monoisotopic (exact) mass is 195 g/mol. The molecule has 0 fully saturated rings. The molecule has 2 N–H and O–H groups in total. The Morgan fingerprint density at radius 2 is 2.23 bits per heavy atom. The van der Waals surface area contributed by atoms with Gasteiger partial charge in [-0.1, -0.05) is 0 Å². The Morgan fingerprint density at radius 3 is 3.00 bits per heavy atom. The van der Waals surface area contributed by atoms with Crippen LogP contribution in [0.2, 0.25) is 0 Å². The molecule has 0 aliphatic rings. The van der Waals surface area contributed by atoms with E-state index in [9.17, 15) is 4.79 Å². The molecular weight excluding hydrogens is 190 g/mol. The number of hydrogen-bond donors (Lipinski definition) is 2. The Hall–Kier alpha value is -1.62. The highest BCUT2D eigenvalue weighted by Gasteiger charge is 2.01. The van der Waals surface area contributed by atoms with E-state index in [4.69, 9.17) is 9.52 Å². The Bertz CT molecular complexity index is 569. The second-order valence-corrected chi connectivity index (χ2v) is 2.89. The minimum atomic E-state index is -0.359.